The van der Waals surface area contributed by atoms with E-state index < -0.39 is 0 Å². The minimum absolute atomic E-state index is 0.0994. The monoisotopic (exact) mass is 511 g/mol. The Labute approximate surface area is 229 Å². The molecule has 2 unspecified atom stereocenters. The molecule has 0 amide bonds. The highest BCUT2D eigenvalue weighted by Crippen LogP contribution is 2.32. The maximum absolute atomic E-state index is 6.22. The molecule has 0 fully saturated rings. The summed E-state index contributed by atoms with van der Waals surface area (Å²) in [4.78, 5) is 12.4. The summed E-state index contributed by atoms with van der Waals surface area (Å²) in [5.41, 5.74) is 1.16. The van der Waals surface area contributed by atoms with Crippen molar-refractivity contribution < 1.29 is 9.78 Å². The van der Waals surface area contributed by atoms with Gasteiger partial charge < -0.3 is 0 Å². The minimum atomic E-state index is 0.0994. The zero-order valence-corrected chi connectivity index (χ0v) is 27.3. The van der Waals surface area contributed by atoms with Crippen molar-refractivity contribution in [2.24, 2.45) is 21.7 Å². The maximum atomic E-state index is 6.22. The molecule has 0 aliphatic heterocycles. The maximum Gasteiger partial charge on any atom is 0.0978 e. The lowest BCUT2D eigenvalue weighted by atomic mass is 9.85. The van der Waals surface area contributed by atoms with E-state index in [2.05, 4.69) is 83.1 Å². The Bertz CT molecular complexity index is 461. The van der Waals surface area contributed by atoms with Gasteiger partial charge in [-0.3, -0.25) is 0 Å². The zero-order valence-electron chi connectivity index (χ0n) is 27.3. The first kappa shape index (κ1) is 35.9. The van der Waals surface area contributed by atoms with Gasteiger partial charge in [-0.15, -0.1) is 0 Å². The van der Waals surface area contributed by atoms with Gasteiger partial charge in [-0.1, -0.05) is 160 Å². The highest BCUT2D eigenvalue weighted by atomic mass is 17.2. The second-order valence-corrected chi connectivity index (χ2v) is 16.3. The summed E-state index contributed by atoms with van der Waals surface area (Å²) >= 11 is 0. The van der Waals surface area contributed by atoms with Crippen LogP contribution in [0.25, 0.3) is 0 Å². The van der Waals surface area contributed by atoms with Crippen LogP contribution in [-0.4, -0.2) is 12.2 Å². The van der Waals surface area contributed by atoms with Crippen molar-refractivity contribution in [1.82, 2.24) is 0 Å². The third-order valence-electron chi connectivity index (χ3n) is 7.51. The highest BCUT2D eigenvalue weighted by molar-refractivity contribution is 4.76. The summed E-state index contributed by atoms with van der Waals surface area (Å²) in [6, 6.07) is 0. The van der Waals surface area contributed by atoms with Gasteiger partial charge in [0.2, 0.25) is 0 Å². The van der Waals surface area contributed by atoms with Crippen molar-refractivity contribution in [3.8, 4) is 0 Å². The van der Waals surface area contributed by atoms with Gasteiger partial charge in [0.1, 0.15) is 0 Å². The third kappa shape index (κ3) is 22.0. The molecule has 0 rings (SSSR count). The van der Waals surface area contributed by atoms with Crippen LogP contribution in [0.5, 0.6) is 0 Å². The summed E-state index contributed by atoms with van der Waals surface area (Å²) in [6.45, 7) is 27.8. The zero-order chi connectivity index (χ0) is 27.9. The molecular weight excluding hydrogens is 440 g/mol. The molecule has 2 atom stereocenters. The summed E-state index contributed by atoms with van der Waals surface area (Å²) in [7, 11) is 0. The Kier molecular flexibility index (Phi) is 17.5. The lowest BCUT2D eigenvalue weighted by Crippen LogP contribution is -2.35. The number of hydrogen-bond donors (Lipinski definition) is 0. The second kappa shape index (κ2) is 17.5. The van der Waals surface area contributed by atoms with E-state index in [1.807, 2.05) is 0 Å². The first-order valence-corrected chi connectivity index (χ1v) is 15.7. The molecule has 0 N–H and O–H groups in total. The van der Waals surface area contributed by atoms with Gasteiger partial charge in [-0.2, -0.15) is 0 Å². The van der Waals surface area contributed by atoms with E-state index in [4.69, 9.17) is 9.78 Å². The van der Waals surface area contributed by atoms with Crippen molar-refractivity contribution in [1.29, 1.82) is 0 Å². The molecule has 2 heteroatoms. The molecule has 0 aromatic rings. The van der Waals surface area contributed by atoms with E-state index in [-0.39, 0.29) is 23.0 Å². The average molecular weight is 511 g/mol. The molecule has 2 nitrogen and oxygen atoms in total. The third-order valence-corrected chi connectivity index (χ3v) is 7.51. The fourth-order valence-electron chi connectivity index (χ4n) is 4.77. The van der Waals surface area contributed by atoms with Crippen molar-refractivity contribution in [2.45, 2.75) is 198 Å². The topological polar surface area (TPSA) is 18.5 Å². The minimum Gasteiger partial charge on any atom is -0.233 e. The molecule has 36 heavy (non-hydrogen) atoms. The van der Waals surface area contributed by atoms with Crippen LogP contribution in [0, 0.1) is 21.7 Å². The van der Waals surface area contributed by atoms with Crippen molar-refractivity contribution in [3.05, 3.63) is 0 Å². The first-order chi connectivity index (χ1) is 16.4. The van der Waals surface area contributed by atoms with Crippen LogP contribution in [0.15, 0.2) is 0 Å². The summed E-state index contributed by atoms with van der Waals surface area (Å²) in [6.07, 6.45) is 21.2. The quantitative estimate of drug-likeness (QED) is 0.0976. The number of unbranched alkanes of at least 4 members (excludes halogenated alkanes) is 10. The van der Waals surface area contributed by atoms with Crippen LogP contribution in [0.1, 0.15) is 186 Å². The number of hydrogen-bond acceptors (Lipinski definition) is 2. The molecule has 0 radical (unpaired) electrons. The molecule has 0 aromatic carbocycles. The van der Waals surface area contributed by atoms with Gasteiger partial charge in [0.05, 0.1) is 12.2 Å². The molecule has 0 heterocycles. The fourth-order valence-corrected chi connectivity index (χ4v) is 4.77. The largest absolute Gasteiger partial charge is 0.233 e. The van der Waals surface area contributed by atoms with E-state index in [0.29, 0.717) is 10.8 Å². The lowest BCUT2D eigenvalue weighted by molar-refractivity contribution is -0.380. The Hall–Kier alpha value is -0.0800. The van der Waals surface area contributed by atoms with Crippen molar-refractivity contribution >= 4 is 0 Å². The van der Waals surface area contributed by atoms with E-state index in [1.54, 1.807) is 0 Å². The molecule has 0 bridgehead atoms. The first-order valence-electron chi connectivity index (χ1n) is 15.7. The summed E-state index contributed by atoms with van der Waals surface area (Å²) in [5, 5.41) is 0. The molecular formula is C34H70O2. The van der Waals surface area contributed by atoms with Crippen molar-refractivity contribution in [2.75, 3.05) is 0 Å². The molecule has 0 saturated carbocycles. The SMILES string of the molecule is CC(C)(C)CCCCCCCCC(OOC(CCCCCCCCC(C)(C)C)C(C)(C)C)C(C)(C)C. The lowest BCUT2D eigenvalue weighted by Gasteiger charge is -2.35. The van der Waals surface area contributed by atoms with Crippen LogP contribution in [0.2, 0.25) is 0 Å². The van der Waals surface area contributed by atoms with Crippen LogP contribution in [0.4, 0.5) is 0 Å². The Balaban J connectivity index is 4.30. The molecule has 0 spiro atoms. The van der Waals surface area contributed by atoms with Crippen LogP contribution >= 0.6 is 0 Å². The van der Waals surface area contributed by atoms with Gasteiger partial charge in [0.15, 0.2) is 0 Å². The van der Waals surface area contributed by atoms with Crippen LogP contribution in [0.3, 0.4) is 0 Å². The van der Waals surface area contributed by atoms with E-state index in [9.17, 15) is 0 Å². The summed E-state index contributed by atoms with van der Waals surface area (Å²) in [5.74, 6) is 0. The standard InChI is InChI=1S/C34H70O2/c1-31(2,3)27-23-19-15-13-17-21-25-29(33(7,8)9)35-36-30(34(10,11)12)26-22-18-14-16-20-24-28-32(4,5)6/h29-30H,13-28H2,1-12H3. The van der Waals surface area contributed by atoms with Gasteiger partial charge in [-0.05, 0) is 47.3 Å². The van der Waals surface area contributed by atoms with E-state index in [0.717, 1.165) is 12.8 Å². The normalized spacial score (nSPS) is 15.3. The molecule has 0 saturated heterocycles. The molecule has 0 aliphatic carbocycles. The van der Waals surface area contributed by atoms with Crippen LogP contribution < -0.4 is 0 Å². The van der Waals surface area contributed by atoms with Crippen LogP contribution in [-0.2, 0) is 9.78 Å². The van der Waals surface area contributed by atoms with Gasteiger partial charge >= 0.3 is 0 Å². The highest BCUT2D eigenvalue weighted by Gasteiger charge is 2.31. The van der Waals surface area contributed by atoms with Crippen molar-refractivity contribution in [3.63, 3.8) is 0 Å². The molecule has 0 aromatic heterocycles. The number of rotatable bonds is 19. The smallest absolute Gasteiger partial charge is 0.0978 e. The average Bonchev–Trinajstić information content (AvgIpc) is 2.68. The summed E-state index contributed by atoms with van der Waals surface area (Å²) < 4.78 is 0. The second-order valence-electron chi connectivity index (χ2n) is 16.3. The van der Waals surface area contributed by atoms with E-state index in [1.165, 1.54) is 89.9 Å². The van der Waals surface area contributed by atoms with Gasteiger partial charge in [-0.25, -0.2) is 9.78 Å². The molecule has 218 valence electrons. The van der Waals surface area contributed by atoms with E-state index >= 15 is 0 Å². The Morgan fingerprint density at radius 3 is 0.861 bits per heavy atom. The van der Waals surface area contributed by atoms with Gasteiger partial charge in [0.25, 0.3) is 0 Å². The fraction of sp³-hybridized carbons (Fsp3) is 1.00. The van der Waals surface area contributed by atoms with Gasteiger partial charge in [0, 0.05) is 0 Å². The predicted octanol–water partition coefficient (Wildman–Crippen LogP) is 12.1. The Morgan fingerprint density at radius 2 is 0.611 bits per heavy atom. The molecule has 0 aliphatic rings. The predicted molar refractivity (Wildman–Crippen MR) is 161 cm³/mol. The Morgan fingerprint density at radius 1 is 0.361 bits per heavy atom.